The summed E-state index contributed by atoms with van der Waals surface area (Å²) < 4.78 is 0. The fourth-order valence-electron chi connectivity index (χ4n) is 2.77. The maximum atomic E-state index is 12.5. The number of rotatable bonds is 3. The summed E-state index contributed by atoms with van der Waals surface area (Å²) in [6, 6.07) is 7.85. The highest BCUT2D eigenvalue weighted by Gasteiger charge is 2.23. The highest BCUT2D eigenvalue weighted by Crippen LogP contribution is 2.17. The molecule has 21 heavy (non-hydrogen) atoms. The molecule has 2 rings (SSSR count). The van der Waals surface area contributed by atoms with Gasteiger partial charge in [-0.05, 0) is 30.4 Å². The Balaban J connectivity index is 2.00. The fourth-order valence-corrected chi connectivity index (χ4v) is 2.90. The van der Waals surface area contributed by atoms with E-state index in [4.69, 9.17) is 18.0 Å². The third-order valence-corrected chi connectivity index (χ3v) is 4.12. The van der Waals surface area contributed by atoms with Gasteiger partial charge in [0.25, 0.3) is 0 Å². The molecule has 0 aliphatic carbocycles. The van der Waals surface area contributed by atoms with Crippen LogP contribution >= 0.6 is 12.2 Å². The summed E-state index contributed by atoms with van der Waals surface area (Å²) in [5.74, 6) is 0.592. The van der Waals surface area contributed by atoms with E-state index in [0.29, 0.717) is 17.5 Å². The molecule has 1 fully saturated rings. The first kappa shape index (κ1) is 15.8. The van der Waals surface area contributed by atoms with E-state index in [1.165, 1.54) is 6.42 Å². The summed E-state index contributed by atoms with van der Waals surface area (Å²) in [6.07, 6.45) is 2.31. The number of amides is 2. The normalized spacial score (nSPS) is 18.4. The van der Waals surface area contributed by atoms with Crippen LogP contribution in [0.15, 0.2) is 24.3 Å². The number of likely N-dealkylation sites (tertiary alicyclic amines) is 1. The van der Waals surface area contributed by atoms with Crippen LogP contribution < -0.4 is 5.73 Å². The molecule has 114 valence electrons. The van der Waals surface area contributed by atoms with Crippen molar-refractivity contribution in [1.82, 2.24) is 9.80 Å². The van der Waals surface area contributed by atoms with Gasteiger partial charge in [0.15, 0.2) is 0 Å². The molecule has 4 nitrogen and oxygen atoms in total. The molecule has 1 aromatic rings. The molecule has 2 amide bonds. The van der Waals surface area contributed by atoms with Crippen LogP contribution in [0.2, 0.25) is 0 Å². The van der Waals surface area contributed by atoms with Gasteiger partial charge in [-0.15, -0.1) is 0 Å². The minimum Gasteiger partial charge on any atom is -0.389 e. The Labute approximate surface area is 131 Å². The Bertz CT molecular complexity index is 532. The van der Waals surface area contributed by atoms with Crippen molar-refractivity contribution >= 4 is 23.2 Å². The van der Waals surface area contributed by atoms with Crippen molar-refractivity contribution in [3.63, 3.8) is 0 Å². The van der Waals surface area contributed by atoms with Crippen molar-refractivity contribution in [3.8, 4) is 0 Å². The second-order valence-corrected chi connectivity index (χ2v) is 6.34. The largest absolute Gasteiger partial charge is 0.389 e. The van der Waals surface area contributed by atoms with Gasteiger partial charge in [-0.25, -0.2) is 4.79 Å². The lowest BCUT2D eigenvalue weighted by molar-refractivity contribution is 0.137. The van der Waals surface area contributed by atoms with Gasteiger partial charge in [-0.1, -0.05) is 37.3 Å². The van der Waals surface area contributed by atoms with Gasteiger partial charge < -0.3 is 15.5 Å². The zero-order chi connectivity index (χ0) is 15.4. The lowest BCUT2D eigenvalue weighted by Gasteiger charge is -2.34. The number of thiocarbonyl (C=S) groups is 1. The van der Waals surface area contributed by atoms with Gasteiger partial charge in [0.1, 0.15) is 4.99 Å². The van der Waals surface area contributed by atoms with Crippen molar-refractivity contribution in [3.05, 3.63) is 35.4 Å². The van der Waals surface area contributed by atoms with E-state index in [0.717, 1.165) is 30.6 Å². The number of benzene rings is 1. The Hall–Kier alpha value is -1.62. The topological polar surface area (TPSA) is 49.6 Å². The number of hydrogen-bond donors (Lipinski definition) is 1. The molecule has 1 aromatic carbocycles. The molecule has 1 aliphatic rings. The average molecular weight is 305 g/mol. The minimum absolute atomic E-state index is 0.0993. The van der Waals surface area contributed by atoms with Crippen molar-refractivity contribution in [2.24, 2.45) is 11.7 Å². The van der Waals surface area contributed by atoms with E-state index in [9.17, 15) is 4.79 Å². The van der Waals surface area contributed by atoms with E-state index < -0.39 is 0 Å². The summed E-state index contributed by atoms with van der Waals surface area (Å²) >= 11 is 4.99. The molecule has 1 saturated heterocycles. The highest BCUT2D eigenvalue weighted by atomic mass is 32.1. The van der Waals surface area contributed by atoms with E-state index in [2.05, 4.69) is 6.92 Å². The van der Waals surface area contributed by atoms with Crippen molar-refractivity contribution in [1.29, 1.82) is 0 Å². The number of nitrogens with two attached hydrogens (primary N) is 1. The molecule has 0 radical (unpaired) electrons. The van der Waals surface area contributed by atoms with Gasteiger partial charge in [0.2, 0.25) is 0 Å². The molecular formula is C16H23N3OS. The van der Waals surface area contributed by atoms with Gasteiger partial charge in [-0.3, -0.25) is 0 Å². The first-order chi connectivity index (χ1) is 9.97. The average Bonchev–Trinajstić information content (AvgIpc) is 2.46. The van der Waals surface area contributed by atoms with Crippen LogP contribution in [0.25, 0.3) is 0 Å². The van der Waals surface area contributed by atoms with E-state index >= 15 is 0 Å². The quantitative estimate of drug-likeness (QED) is 0.873. The third-order valence-electron chi connectivity index (χ3n) is 3.89. The minimum atomic E-state index is 0.0993. The van der Waals surface area contributed by atoms with Gasteiger partial charge in [-0.2, -0.15) is 0 Å². The molecule has 1 aliphatic heterocycles. The summed E-state index contributed by atoms with van der Waals surface area (Å²) in [4.78, 5) is 16.6. The van der Waals surface area contributed by atoms with Gasteiger partial charge >= 0.3 is 6.03 Å². The molecule has 1 heterocycles. The Morgan fingerprint density at radius 2 is 2.29 bits per heavy atom. The van der Waals surface area contributed by atoms with Crippen LogP contribution in [-0.4, -0.2) is 41.0 Å². The smallest absolute Gasteiger partial charge is 0.320 e. The van der Waals surface area contributed by atoms with Crippen LogP contribution in [-0.2, 0) is 6.54 Å². The maximum Gasteiger partial charge on any atom is 0.320 e. The van der Waals surface area contributed by atoms with E-state index in [1.807, 2.05) is 36.2 Å². The lowest BCUT2D eigenvalue weighted by atomic mass is 10.0. The monoisotopic (exact) mass is 305 g/mol. The predicted molar refractivity (Wildman–Crippen MR) is 89.2 cm³/mol. The second-order valence-electron chi connectivity index (χ2n) is 5.90. The summed E-state index contributed by atoms with van der Waals surface area (Å²) in [5, 5.41) is 0. The number of carbonyl (C=O) groups excluding carboxylic acids is 1. The van der Waals surface area contributed by atoms with Crippen LogP contribution in [0.3, 0.4) is 0 Å². The van der Waals surface area contributed by atoms with Gasteiger partial charge in [0.05, 0.1) is 0 Å². The van der Waals surface area contributed by atoms with Gasteiger partial charge in [0, 0.05) is 32.2 Å². The predicted octanol–water partition coefficient (Wildman–Crippen LogP) is 2.60. The molecule has 0 aromatic heterocycles. The molecular weight excluding hydrogens is 282 g/mol. The number of urea groups is 1. The van der Waals surface area contributed by atoms with Crippen LogP contribution in [0.4, 0.5) is 4.79 Å². The van der Waals surface area contributed by atoms with Crippen LogP contribution in [0, 0.1) is 5.92 Å². The zero-order valence-corrected chi connectivity index (χ0v) is 13.5. The maximum absolute atomic E-state index is 12.5. The molecule has 2 N–H and O–H groups in total. The third kappa shape index (κ3) is 4.17. The van der Waals surface area contributed by atoms with E-state index in [1.54, 1.807) is 4.90 Å². The molecule has 0 spiro atoms. The lowest BCUT2D eigenvalue weighted by Crippen LogP contribution is -2.45. The molecule has 1 atom stereocenters. The summed E-state index contributed by atoms with van der Waals surface area (Å²) in [5.41, 5.74) is 7.53. The second kappa shape index (κ2) is 6.89. The number of hydrogen-bond acceptors (Lipinski definition) is 2. The number of carbonyl (C=O) groups is 1. The van der Waals surface area contributed by atoms with Crippen molar-refractivity contribution in [2.75, 3.05) is 20.1 Å². The molecule has 5 heteroatoms. The summed E-state index contributed by atoms with van der Waals surface area (Å²) in [7, 11) is 1.84. The number of nitrogens with zero attached hydrogens (tertiary/aromatic N) is 2. The van der Waals surface area contributed by atoms with E-state index in [-0.39, 0.29) is 6.03 Å². The highest BCUT2D eigenvalue weighted by molar-refractivity contribution is 7.80. The SMILES string of the molecule is CC1CCCN(C(=O)N(C)Cc2cccc(C(N)=S)c2)C1. The molecule has 1 unspecified atom stereocenters. The van der Waals surface area contributed by atoms with Crippen LogP contribution in [0.5, 0.6) is 0 Å². The van der Waals surface area contributed by atoms with Crippen molar-refractivity contribution < 1.29 is 4.79 Å². The first-order valence-corrected chi connectivity index (χ1v) is 7.77. The molecule has 0 bridgehead atoms. The number of piperidine rings is 1. The Morgan fingerprint density at radius 1 is 1.52 bits per heavy atom. The van der Waals surface area contributed by atoms with Crippen molar-refractivity contribution in [2.45, 2.75) is 26.3 Å². The fraction of sp³-hybridized carbons (Fsp3) is 0.500. The summed E-state index contributed by atoms with van der Waals surface area (Å²) in [6.45, 7) is 4.49. The molecule has 0 saturated carbocycles. The Morgan fingerprint density at radius 3 is 2.95 bits per heavy atom. The zero-order valence-electron chi connectivity index (χ0n) is 12.7. The standard InChI is InChI=1S/C16H23N3OS/c1-12-5-4-8-19(10-12)16(20)18(2)11-13-6-3-7-14(9-13)15(17)21/h3,6-7,9,12H,4-5,8,10-11H2,1-2H3,(H2,17,21). The Kier molecular flexibility index (Phi) is 5.17. The van der Waals surface area contributed by atoms with Crippen LogP contribution in [0.1, 0.15) is 30.9 Å². The first-order valence-electron chi connectivity index (χ1n) is 7.36.